The van der Waals surface area contributed by atoms with Crippen LogP contribution in [0.1, 0.15) is 49.4 Å². The number of carbonyl (C=O) groups is 2. The average Bonchev–Trinajstić information content (AvgIpc) is 2.72. The molecular formula is C26H35ClN2O2S. The van der Waals surface area contributed by atoms with Crippen LogP contribution in [0.25, 0.3) is 0 Å². The molecule has 174 valence electrons. The molecule has 2 aromatic carbocycles. The van der Waals surface area contributed by atoms with Gasteiger partial charge in [0.05, 0.1) is 5.75 Å². The second-order valence-corrected chi connectivity index (χ2v) is 10.1. The third kappa shape index (κ3) is 8.18. The lowest BCUT2D eigenvalue weighted by Gasteiger charge is -2.31. The number of aryl methyl sites for hydroxylation is 2. The lowest BCUT2D eigenvalue weighted by Crippen LogP contribution is -2.50. The predicted octanol–water partition coefficient (Wildman–Crippen LogP) is 5.77. The van der Waals surface area contributed by atoms with Crippen molar-refractivity contribution in [1.82, 2.24) is 10.2 Å². The van der Waals surface area contributed by atoms with E-state index in [1.54, 1.807) is 16.7 Å². The van der Waals surface area contributed by atoms with E-state index in [4.69, 9.17) is 11.6 Å². The number of halogens is 1. The third-order valence-corrected chi connectivity index (χ3v) is 6.50. The lowest BCUT2D eigenvalue weighted by atomic mass is 10.1. The molecule has 0 heterocycles. The number of benzene rings is 2. The normalized spacial score (nSPS) is 12.0. The molecule has 6 heteroatoms. The molecule has 0 aliphatic heterocycles. The Morgan fingerprint density at radius 1 is 1.09 bits per heavy atom. The summed E-state index contributed by atoms with van der Waals surface area (Å²) >= 11 is 7.95. The minimum Gasteiger partial charge on any atom is -0.354 e. The van der Waals surface area contributed by atoms with Crippen molar-refractivity contribution in [2.45, 2.75) is 59.4 Å². The monoisotopic (exact) mass is 474 g/mol. The van der Waals surface area contributed by atoms with Gasteiger partial charge in [0.1, 0.15) is 6.04 Å². The van der Waals surface area contributed by atoms with Crippen LogP contribution in [0.3, 0.4) is 0 Å². The highest BCUT2D eigenvalue weighted by Crippen LogP contribution is 2.22. The molecule has 1 unspecified atom stereocenters. The fraction of sp³-hybridized carbons (Fsp3) is 0.462. The summed E-state index contributed by atoms with van der Waals surface area (Å²) in [4.78, 5) is 27.9. The van der Waals surface area contributed by atoms with E-state index in [0.717, 1.165) is 11.3 Å². The molecule has 0 bridgehead atoms. The summed E-state index contributed by atoms with van der Waals surface area (Å²) in [5.74, 6) is 1.25. The molecule has 0 aromatic heterocycles. The Morgan fingerprint density at radius 2 is 1.75 bits per heavy atom. The van der Waals surface area contributed by atoms with Gasteiger partial charge in [0.15, 0.2) is 0 Å². The predicted molar refractivity (Wildman–Crippen MR) is 136 cm³/mol. The van der Waals surface area contributed by atoms with Crippen molar-refractivity contribution >= 4 is 35.2 Å². The van der Waals surface area contributed by atoms with Crippen molar-refractivity contribution in [1.29, 1.82) is 0 Å². The standard InChI is InChI=1S/C26H35ClN2O2S/c1-6-24(26(31)28-14-18(2)3)29(15-22-9-7-8-10-23(22)27)25(30)17-32-16-21-12-19(4)11-20(5)13-21/h7-13,18,24H,6,14-17H2,1-5H3,(H,28,31). The molecule has 1 atom stereocenters. The summed E-state index contributed by atoms with van der Waals surface area (Å²) < 4.78 is 0. The maximum Gasteiger partial charge on any atom is 0.242 e. The van der Waals surface area contributed by atoms with Crippen molar-refractivity contribution in [3.05, 3.63) is 69.7 Å². The molecule has 2 amide bonds. The SMILES string of the molecule is CCC(C(=O)NCC(C)C)N(Cc1ccccc1Cl)C(=O)CSCc1cc(C)cc(C)c1. The van der Waals surface area contributed by atoms with Crippen LogP contribution < -0.4 is 5.32 Å². The molecule has 4 nitrogen and oxygen atoms in total. The Balaban J connectivity index is 2.15. The van der Waals surface area contributed by atoms with Crippen LogP contribution in [0.4, 0.5) is 0 Å². The maximum absolute atomic E-state index is 13.3. The minimum atomic E-state index is -0.528. The number of nitrogens with zero attached hydrogens (tertiary/aromatic N) is 1. The van der Waals surface area contributed by atoms with Gasteiger partial charge in [-0.25, -0.2) is 0 Å². The van der Waals surface area contributed by atoms with Gasteiger partial charge in [0.2, 0.25) is 11.8 Å². The quantitative estimate of drug-likeness (QED) is 0.449. The van der Waals surface area contributed by atoms with E-state index in [1.807, 2.05) is 31.2 Å². The van der Waals surface area contributed by atoms with Gasteiger partial charge in [-0.3, -0.25) is 9.59 Å². The van der Waals surface area contributed by atoms with Crippen LogP contribution in [0, 0.1) is 19.8 Å². The van der Waals surface area contributed by atoms with E-state index in [2.05, 4.69) is 51.2 Å². The van der Waals surface area contributed by atoms with E-state index in [1.165, 1.54) is 16.7 Å². The third-order valence-electron chi connectivity index (χ3n) is 5.14. The molecule has 1 N–H and O–H groups in total. The Hall–Kier alpha value is -1.98. The van der Waals surface area contributed by atoms with E-state index >= 15 is 0 Å². The smallest absolute Gasteiger partial charge is 0.242 e. The first-order chi connectivity index (χ1) is 15.2. The van der Waals surface area contributed by atoms with Crippen molar-refractivity contribution in [3.63, 3.8) is 0 Å². The number of carbonyl (C=O) groups excluding carboxylic acids is 2. The second-order valence-electron chi connectivity index (χ2n) is 8.66. The fourth-order valence-corrected chi connectivity index (χ4v) is 4.68. The number of hydrogen-bond donors (Lipinski definition) is 1. The molecule has 32 heavy (non-hydrogen) atoms. The second kappa shape index (κ2) is 12.9. The molecule has 2 rings (SSSR count). The van der Waals surface area contributed by atoms with Gasteiger partial charge in [0, 0.05) is 23.9 Å². The van der Waals surface area contributed by atoms with Gasteiger partial charge in [-0.2, -0.15) is 0 Å². The molecule has 0 aliphatic carbocycles. The minimum absolute atomic E-state index is 0.0501. The van der Waals surface area contributed by atoms with Crippen LogP contribution in [0.5, 0.6) is 0 Å². The van der Waals surface area contributed by atoms with Crippen molar-refractivity contribution in [3.8, 4) is 0 Å². The van der Waals surface area contributed by atoms with Gasteiger partial charge in [-0.1, -0.05) is 79.9 Å². The van der Waals surface area contributed by atoms with Crippen LogP contribution in [0.15, 0.2) is 42.5 Å². The van der Waals surface area contributed by atoms with E-state index in [0.29, 0.717) is 36.2 Å². The highest BCUT2D eigenvalue weighted by Gasteiger charge is 2.29. The Bertz CT molecular complexity index is 896. The zero-order valence-electron chi connectivity index (χ0n) is 19.8. The molecular weight excluding hydrogens is 440 g/mol. The van der Waals surface area contributed by atoms with Crippen molar-refractivity contribution in [2.24, 2.45) is 5.92 Å². The van der Waals surface area contributed by atoms with E-state index < -0.39 is 6.04 Å². The molecule has 0 radical (unpaired) electrons. The Labute approximate surface area is 202 Å². The number of amides is 2. The van der Waals surface area contributed by atoms with Gasteiger partial charge in [-0.05, 0) is 43.4 Å². The van der Waals surface area contributed by atoms with Crippen LogP contribution in [0.2, 0.25) is 5.02 Å². The first kappa shape index (κ1) is 26.3. The molecule has 0 fully saturated rings. The van der Waals surface area contributed by atoms with Crippen molar-refractivity contribution < 1.29 is 9.59 Å². The zero-order chi connectivity index (χ0) is 23.7. The fourth-order valence-electron chi connectivity index (χ4n) is 3.64. The molecule has 0 spiro atoms. The molecule has 2 aromatic rings. The summed E-state index contributed by atoms with van der Waals surface area (Å²) in [6, 6.07) is 13.4. The number of nitrogens with one attached hydrogen (secondary N) is 1. The number of hydrogen-bond acceptors (Lipinski definition) is 3. The maximum atomic E-state index is 13.3. The van der Waals surface area contributed by atoms with Crippen LogP contribution in [-0.4, -0.2) is 35.1 Å². The summed E-state index contributed by atoms with van der Waals surface area (Å²) in [6.45, 7) is 11.1. The van der Waals surface area contributed by atoms with Gasteiger partial charge in [0.25, 0.3) is 0 Å². The number of thioether (sulfide) groups is 1. The largest absolute Gasteiger partial charge is 0.354 e. The summed E-state index contributed by atoms with van der Waals surface area (Å²) in [5.41, 5.74) is 4.50. The highest BCUT2D eigenvalue weighted by atomic mass is 35.5. The summed E-state index contributed by atoms with van der Waals surface area (Å²) in [5, 5.41) is 3.59. The van der Waals surface area contributed by atoms with E-state index in [-0.39, 0.29) is 11.8 Å². The molecule has 0 saturated heterocycles. The Morgan fingerprint density at radius 3 is 2.34 bits per heavy atom. The van der Waals surface area contributed by atoms with Crippen LogP contribution >= 0.6 is 23.4 Å². The van der Waals surface area contributed by atoms with Gasteiger partial charge < -0.3 is 10.2 Å². The lowest BCUT2D eigenvalue weighted by molar-refractivity contribution is -0.139. The average molecular weight is 475 g/mol. The highest BCUT2D eigenvalue weighted by molar-refractivity contribution is 7.99. The Kier molecular flexibility index (Phi) is 10.6. The van der Waals surface area contributed by atoms with Gasteiger partial charge >= 0.3 is 0 Å². The number of rotatable bonds is 11. The summed E-state index contributed by atoms with van der Waals surface area (Å²) in [7, 11) is 0. The van der Waals surface area contributed by atoms with Crippen molar-refractivity contribution in [2.75, 3.05) is 12.3 Å². The van der Waals surface area contributed by atoms with Gasteiger partial charge in [-0.15, -0.1) is 11.8 Å². The molecule has 0 saturated carbocycles. The topological polar surface area (TPSA) is 49.4 Å². The zero-order valence-corrected chi connectivity index (χ0v) is 21.4. The molecule has 0 aliphatic rings. The first-order valence-electron chi connectivity index (χ1n) is 11.2. The summed E-state index contributed by atoms with van der Waals surface area (Å²) in [6.07, 6.45) is 0.544. The van der Waals surface area contributed by atoms with Crippen LogP contribution in [-0.2, 0) is 21.9 Å². The first-order valence-corrected chi connectivity index (χ1v) is 12.7. The van der Waals surface area contributed by atoms with E-state index in [9.17, 15) is 9.59 Å².